The fourth-order valence-electron chi connectivity index (χ4n) is 8.43. The molecular weight excluding hydrogens is 705 g/mol. The third kappa shape index (κ3) is 30.9. The number of ether oxygens (including phenoxy) is 3. The van der Waals surface area contributed by atoms with Crippen LogP contribution in [-0.4, -0.2) is 68.3 Å². The first kappa shape index (κ1) is 55.3. The Bertz CT molecular complexity index is 845. The highest BCUT2D eigenvalue weighted by Gasteiger charge is 2.33. The van der Waals surface area contributed by atoms with Gasteiger partial charge in [0, 0.05) is 32.5 Å². The molecule has 0 aliphatic carbocycles. The summed E-state index contributed by atoms with van der Waals surface area (Å²) in [5, 5.41) is 0. The van der Waals surface area contributed by atoms with Gasteiger partial charge in [-0.15, -0.1) is 0 Å². The highest BCUT2D eigenvalue weighted by atomic mass is 16.5. The molecule has 1 aliphatic heterocycles. The number of nitrogens with zero attached hydrogens (tertiary/aromatic N) is 2. The van der Waals surface area contributed by atoms with Crippen molar-refractivity contribution in [3.63, 3.8) is 0 Å². The van der Waals surface area contributed by atoms with Crippen LogP contribution in [0.3, 0.4) is 0 Å². The van der Waals surface area contributed by atoms with Crippen molar-refractivity contribution in [1.82, 2.24) is 9.80 Å². The Morgan fingerprint density at radius 3 is 1.44 bits per heavy atom. The van der Waals surface area contributed by atoms with Crippen LogP contribution in [0.15, 0.2) is 24.8 Å². The van der Waals surface area contributed by atoms with Crippen LogP contribution in [0.25, 0.3) is 0 Å². The summed E-state index contributed by atoms with van der Waals surface area (Å²) in [4.78, 5) is 17.6. The van der Waals surface area contributed by atoms with Gasteiger partial charge in [0.05, 0.1) is 25.6 Å². The van der Waals surface area contributed by atoms with Crippen molar-refractivity contribution in [2.24, 2.45) is 23.7 Å². The summed E-state index contributed by atoms with van der Waals surface area (Å²) in [5.41, 5.74) is 0. The number of esters is 1. The molecule has 2 unspecified atom stereocenters. The molecule has 1 heterocycles. The van der Waals surface area contributed by atoms with Crippen molar-refractivity contribution < 1.29 is 19.0 Å². The number of likely N-dealkylation sites (tertiary alicyclic amines) is 1. The van der Waals surface area contributed by atoms with E-state index in [4.69, 9.17) is 14.2 Å². The van der Waals surface area contributed by atoms with E-state index in [-0.39, 0.29) is 5.97 Å². The number of hydrogen-bond donors (Lipinski definition) is 0. The smallest absolute Gasteiger partial charge is 0.305 e. The van der Waals surface area contributed by atoms with Crippen LogP contribution in [0.5, 0.6) is 0 Å². The number of hydrogen-bond acceptors (Lipinski definition) is 6. The molecule has 0 N–H and O–H groups in total. The molecule has 0 saturated carbocycles. The molecule has 338 valence electrons. The van der Waals surface area contributed by atoms with Crippen LogP contribution in [0.4, 0.5) is 0 Å². The zero-order chi connectivity index (χ0) is 42.4. The highest BCUT2D eigenvalue weighted by molar-refractivity contribution is 5.69. The van der Waals surface area contributed by atoms with E-state index in [0.717, 1.165) is 108 Å². The first-order valence-electron chi connectivity index (χ1n) is 25.0. The van der Waals surface area contributed by atoms with E-state index in [1.54, 1.807) is 0 Å². The van der Waals surface area contributed by atoms with E-state index in [0.29, 0.717) is 37.4 Å². The molecular formula is C51H100N2O4. The van der Waals surface area contributed by atoms with Gasteiger partial charge >= 0.3 is 5.97 Å². The molecule has 57 heavy (non-hydrogen) atoms. The molecule has 0 radical (unpaired) electrons. The van der Waals surface area contributed by atoms with Gasteiger partial charge in [0.2, 0.25) is 0 Å². The van der Waals surface area contributed by atoms with E-state index < -0.39 is 0 Å². The summed E-state index contributed by atoms with van der Waals surface area (Å²) in [6.45, 7) is 33.7. The van der Waals surface area contributed by atoms with Crippen LogP contribution >= 0.6 is 0 Å². The highest BCUT2D eigenvalue weighted by Crippen LogP contribution is 2.34. The van der Waals surface area contributed by atoms with Crippen molar-refractivity contribution in [2.45, 2.75) is 222 Å². The largest absolute Gasteiger partial charge is 0.499 e. The molecule has 0 aromatic heterocycles. The number of allylic oxidation sites excluding steroid dienone is 1. The molecule has 0 aromatic carbocycles. The standard InChI is InChI=1S/C48H92N2O4.C3H8/c1-9-15-19-27-44(28-20-16-10-2)34-38-52-42(7)26-23-31-46-40-50(43(8)53-37-25-36-49(13-5)14-6)41-47(46)32-24-33-48(51)54-39-35-45(29-21-17-11-3)30-22-18-12-4;1-3-2/h44-47H,7-41H2,1-6H3;3H2,1-2H3. The number of carbonyl (C=O) groups is 1. The van der Waals surface area contributed by atoms with Crippen LogP contribution < -0.4 is 0 Å². The minimum atomic E-state index is -0.0189. The quantitative estimate of drug-likeness (QED) is 0.0350. The average Bonchev–Trinajstić information content (AvgIpc) is 3.60. The van der Waals surface area contributed by atoms with Crippen molar-refractivity contribution >= 4 is 5.97 Å². The Hall–Kier alpha value is -1.69. The predicted molar refractivity (Wildman–Crippen MR) is 249 cm³/mol. The van der Waals surface area contributed by atoms with Gasteiger partial charge in [-0.2, -0.15) is 0 Å². The number of unbranched alkanes of at least 4 members (excludes halogenated alkanes) is 8. The summed E-state index contributed by atoms with van der Waals surface area (Å²) < 4.78 is 18.2. The first-order valence-corrected chi connectivity index (χ1v) is 25.0. The molecule has 2 atom stereocenters. The van der Waals surface area contributed by atoms with Gasteiger partial charge in [-0.3, -0.25) is 4.79 Å². The lowest BCUT2D eigenvalue weighted by atomic mass is 9.87. The van der Waals surface area contributed by atoms with Crippen molar-refractivity contribution in [3.05, 3.63) is 24.8 Å². The monoisotopic (exact) mass is 805 g/mol. The van der Waals surface area contributed by atoms with Crippen LogP contribution in [0, 0.1) is 23.7 Å². The zero-order valence-corrected chi connectivity index (χ0v) is 39.8. The Kier molecular flexibility index (Phi) is 38.6. The second kappa shape index (κ2) is 39.8. The lowest BCUT2D eigenvalue weighted by Gasteiger charge is -2.23. The van der Waals surface area contributed by atoms with E-state index in [1.807, 2.05) is 0 Å². The van der Waals surface area contributed by atoms with Crippen molar-refractivity contribution in [1.29, 1.82) is 0 Å². The lowest BCUT2D eigenvalue weighted by molar-refractivity contribution is -0.144. The third-order valence-corrected chi connectivity index (χ3v) is 12.2. The van der Waals surface area contributed by atoms with Gasteiger partial charge in [0.25, 0.3) is 0 Å². The minimum Gasteiger partial charge on any atom is -0.499 e. The lowest BCUT2D eigenvalue weighted by Crippen LogP contribution is -2.26. The fourth-order valence-corrected chi connectivity index (χ4v) is 8.43. The minimum absolute atomic E-state index is 0.0189. The second-order valence-electron chi connectivity index (χ2n) is 17.4. The van der Waals surface area contributed by atoms with Crippen LogP contribution in [0.2, 0.25) is 0 Å². The molecule has 0 spiro atoms. The van der Waals surface area contributed by atoms with E-state index in [1.165, 1.54) is 109 Å². The maximum absolute atomic E-state index is 12.8. The summed E-state index contributed by atoms with van der Waals surface area (Å²) in [6.07, 6.45) is 31.0. The van der Waals surface area contributed by atoms with Crippen molar-refractivity contribution in [3.8, 4) is 0 Å². The van der Waals surface area contributed by atoms with Crippen LogP contribution in [-0.2, 0) is 19.0 Å². The first-order chi connectivity index (χ1) is 27.7. The van der Waals surface area contributed by atoms with Gasteiger partial charge in [-0.1, -0.05) is 171 Å². The number of rotatable bonds is 39. The maximum atomic E-state index is 12.8. The van der Waals surface area contributed by atoms with E-state index >= 15 is 0 Å². The Balaban J connectivity index is 0.0000101. The normalized spacial score (nSPS) is 15.3. The van der Waals surface area contributed by atoms with E-state index in [2.05, 4.69) is 78.3 Å². The molecule has 0 bridgehead atoms. The molecule has 0 aromatic rings. The second-order valence-corrected chi connectivity index (χ2v) is 17.4. The molecule has 1 saturated heterocycles. The van der Waals surface area contributed by atoms with Crippen molar-refractivity contribution in [2.75, 3.05) is 52.5 Å². The Labute approximate surface area is 357 Å². The summed E-state index contributed by atoms with van der Waals surface area (Å²) in [5.74, 6) is 4.30. The summed E-state index contributed by atoms with van der Waals surface area (Å²) in [6, 6.07) is 0. The van der Waals surface area contributed by atoms with Gasteiger partial charge in [-0.05, 0) is 88.3 Å². The average molecular weight is 805 g/mol. The molecule has 6 nitrogen and oxygen atoms in total. The molecule has 1 fully saturated rings. The topological polar surface area (TPSA) is 51.2 Å². The molecule has 1 aliphatic rings. The zero-order valence-electron chi connectivity index (χ0n) is 39.8. The Morgan fingerprint density at radius 2 is 1.00 bits per heavy atom. The third-order valence-electron chi connectivity index (χ3n) is 12.2. The summed E-state index contributed by atoms with van der Waals surface area (Å²) in [7, 11) is 0. The van der Waals surface area contributed by atoms with Gasteiger partial charge in [-0.25, -0.2) is 0 Å². The van der Waals surface area contributed by atoms with Crippen LogP contribution in [0.1, 0.15) is 222 Å². The van der Waals surface area contributed by atoms with Gasteiger partial charge in [0.15, 0.2) is 5.88 Å². The molecule has 0 amide bonds. The van der Waals surface area contributed by atoms with Gasteiger partial charge < -0.3 is 24.0 Å². The molecule has 6 heteroatoms. The summed E-state index contributed by atoms with van der Waals surface area (Å²) >= 11 is 0. The Morgan fingerprint density at radius 1 is 0.561 bits per heavy atom. The van der Waals surface area contributed by atoms with Gasteiger partial charge in [0.1, 0.15) is 0 Å². The number of carbonyl (C=O) groups excluding carboxylic acids is 1. The molecule has 1 rings (SSSR count). The maximum Gasteiger partial charge on any atom is 0.305 e. The SMILES string of the molecule is C=C(CCCC1CN(C(=C)OCCCN(CC)CC)CC1CCCC(=O)OCCC(CCCCC)CCCCC)OCCC(CCCCC)CCCCC.CCC. The fraction of sp³-hybridized carbons (Fsp3) is 0.902. The van der Waals surface area contributed by atoms with E-state index in [9.17, 15) is 4.79 Å². The predicted octanol–water partition coefficient (Wildman–Crippen LogP) is 14.9.